The molecule has 0 amide bonds. The van der Waals surface area contributed by atoms with Gasteiger partial charge < -0.3 is 9.73 Å². The molecule has 1 aromatic heterocycles. The summed E-state index contributed by atoms with van der Waals surface area (Å²) in [6, 6.07) is 2.75. The minimum Gasteiger partial charge on any atom is -0.472 e. The van der Waals surface area contributed by atoms with Crippen molar-refractivity contribution in [3.63, 3.8) is 0 Å². The molecule has 1 fully saturated rings. The zero-order valence-corrected chi connectivity index (χ0v) is 12.3. The number of hydrogen-bond acceptors (Lipinski definition) is 4. The van der Waals surface area contributed by atoms with Gasteiger partial charge in [-0.1, -0.05) is 6.92 Å². The number of piperazine rings is 1. The van der Waals surface area contributed by atoms with Gasteiger partial charge in [0.05, 0.1) is 12.5 Å². The van der Waals surface area contributed by atoms with Crippen LogP contribution in [0.3, 0.4) is 0 Å². The Labute approximate surface area is 116 Å². The van der Waals surface area contributed by atoms with Crippen LogP contribution in [0.1, 0.15) is 25.8 Å². The van der Waals surface area contributed by atoms with Crippen molar-refractivity contribution in [2.75, 3.05) is 39.3 Å². The van der Waals surface area contributed by atoms with Gasteiger partial charge in [-0.2, -0.15) is 0 Å². The second-order valence-corrected chi connectivity index (χ2v) is 5.44. The predicted octanol–water partition coefficient (Wildman–Crippen LogP) is 1.79. The van der Waals surface area contributed by atoms with Gasteiger partial charge in [-0.3, -0.25) is 9.80 Å². The van der Waals surface area contributed by atoms with Crippen molar-refractivity contribution in [2.24, 2.45) is 0 Å². The lowest BCUT2D eigenvalue weighted by Gasteiger charge is -2.37. The van der Waals surface area contributed by atoms with Gasteiger partial charge in [-0.15, -0.1) is 0 Å². The highest BCUT2D eigenvalue weighted by molar-refractivity contribution is 5.04. The third kappa shape index (κ3) is 4.64. The first-order chi connectivity index (χ1) is 9.29. The highest BCUT2D eigenvalue weighted by Crippen LogP contribution is 2.08. The summed E-state index contributed by atoms with van der Waals surface area (Å²) >= 11 is 0. The average molecular weight is 265 g/mol. The number of hydrogen-bond donors (Lipinski definition) is 1. The molecule has 1 aliphatic heterocycles. The van der Waals surface area contributed by atoms with E-state index in [4.69, 9.17) is 4.42 Å². The molecule has 2 heterocycles. The highest BCUT2D eigenvalue weighted by atomic mass is 16.3. The standard InChI is InChI=1S/C15H27N3O/c1-3-14(2)18-9-7-17(8-10-18)6-5-16-12-15-4-11-19-13-15/h4,11,13-14,16H,3,5-10,12H2,1-2H3. The van der Waals surface area contributed by atoms with Crippen LogP contribution < -0.4 is 5.32 Å². The van der Waals surface area contributed by atoms with E-state index in [2.05, 4.69) is 29.0 Å². The van der Waals surface area contributed by atoms with Crippen LogP contribution in [0.25, 0.3) is 0 Å². The summed E-state index contributed by atoms with van der Waals surface area (Å²) in [6.45, 7) is 12.6. The van der Waals surface area contributed by atoms with E-state index in [0.29, 0.717) is 0 Å². The molecule has 108 valence electrons. The van der Waals surface area contributed by atoms with Gasteiger partial charge in [0.25, 0.3) is 0 Å². The van der Waals surface area contributed by atoms with Crippen molar-refractivity contribution in [3.8, 4) is 0 Å². The van der Waals surface area contributed by atoms with Crippen molar-refractivity contribution >= 4 is 0 Å². The number of nitrogens with one attached hydrogen (secondary N) is 1. The molecular formula is C15H27N3O. The molecule has 2 rings (SSSR count). The van der Waals surface area contributed by atoms with Gasteiger partial charge in [0, 0.05) is 57.4 Å². The fourth-order valence-electron chi connectivity index (χ4n) is 2.55. The Kier molecular flexibility index (Phi) is 5.89. The summed E-state index contributed by atoms with van der Waals surface area (Å²) in [7, 11) is 0. The van der Waals surface area contributed by atoms with Crippen molar-refractivity contribution in [1.29, 1.82) is 0 Å². The largest absolute Gasteiger partial charge is 0.472 e. The van der Waals surface area contributed by atoms with E-state index >= 15 is 0 Å². The van der Waals surface area contributed by atoms with Crippen molar-refractivity contribution in [3.05, 3.63) is 24.2 Å². The maximum atomic E-state index is 5.05. The maximum absolute atomic E-state index is 5.05. The van der Waals surface area contributed by atoms with Gasteiger partial charge in [0.15, 0.2) is 0 Å². The summed E-state index contributed by atoms with van der Waals surface area (Å²) in [6.07, 6.45) is 4.79. The van der Waals surface area contributed by atoms with E-state index in [-0.39, 0.29) is 0 Å². The van der Waals surface area contributed by atoms with Gasteiger partial charge in [0.2, 0.25) is 0 Å². The second kappa shape index (κ2) is 7.68. The minimum atomic E-state index is 0.737. The highest BCUT2D eigenvalue weighted by Gasteiger charge is 2.19. The van der Waals surface area contributed by atoms with Gasteiger partial charge in [-0.25, -0.2) is 0 Å². The molecule has 1 aromatic rings. The van der Waals surface area contributed by atoms with E-state index in [1.807, 2.05) is 6.07 Å². The fourth-order valence-corrected chi connectivity index (χ4v) is 2.55. The lowest BCUT2D eigenvalue weighted by atomic mass is 10.2. The molecule has 0 saturated carbocycles. The van der Waals surface area contributed by atoms with E-state index in [9.17, 15) is 0 Å². The van der Waals surface area contributed by atoms with E-state index in [1.54, 1.807) is 12.5 Å². The second-order valence-electron chi connectivity index (χ2n) is 5.44. The quantitative estimate of drug-likeness (QED) is 0.762. The number of furan rings is 1. The van der Waals surface area contributed by atoms with Crippen molar-refractivity contribution in [2.45, 2.75) is 32.9 Å². The van der Waals surface area contributed by atoms with Crippen LogP contribution in [0.2, 0.25) is 0 Å². The zero-order chi connectivity index (χ0) is 13.5. The third-order valence-electron chi connectivity index (χ3n) is 4.14. The summed E-state index contributed by atoms with van der Waals surface area (Å²) in [5.41, 5.74) is 1.22. The summed E-state index contributed by atoms with van der Waals surface area (Å²) in [5, 5.41) is 3.46. The molecule has 0 bridgehead atoms. The van der Waals surface area contributed by atoms with Crippen LogP contribution >= 0.6 is 0 Å². The van der Waals surface area contributed by atoms with Gasteiger partial charge in [-0.05, 0) is 19.4 Å². The molecule has 0 spiro atoms. The first kappa shape index (κ1) is 14.6. The Bertz CT molecular complexity index is 331. The molecule has 0 aliphatic carbocycles. The SMILES string of the molecule is CCC(C)N1CCN(CCNCc2ccoc2)CC1. The van der Waals surface area contributed by atoms with Crippen LogP contribution in [0.4, 0.5) is 0 Å². The third-order valence-corrected chi connectivity index (χ3v) is 4.14. The number of rotatable bonds is 7. The number of nitrogens with zero attached hydrogens (tertiary/aromatic N) is 2. The Balaban J connectivity index is 1.56. The lowest BCUT2D eigenvalue weighted by molar-refractivity contribution is 0.101. The Morgan fingerprint density at radius 3 is 2.74 bits per heavy atom. The topological polar surface area (TPSA) is 31.6 Å². The first-order valence-electron chi connectivity index (χ1n) is 7.47. The van der Waals surface area contributed by atoms with E-state index in [0.717, 1.165) is 25.7 Å². The summed E-state index contributed by atoms with van der Waals surface area (Å²) < 4.78 is 5.05. The Morgan fingerprint density at radius 2 is 2.11 bits per heavy atom. The molecule has 0 aromatic carbocycles. The molecule has 1 aliphatic rings. The lowest BCUT2D eigenvalue weighted by Crippen LogP contribution is -2.50. The fraction of sp³-hybridized carbons (Fsp3) is 0.733. The van der Waals surface area contributed by atoms with E-state index < -0.39 is 0 Å². The summed E-state index contributed by atoms with van der Waals surface area (Å²) in [4.78, 5) is 5.16. The van der Waals surface area contributed by atoms with E-state index in [1.165, 1.54) is 38.2 Å². The van der Waals surface area contributed by atoms with Crippen molar-refractivity contribution < 1.29 is 4.42 Å². The van der Waals surface area contributed by atoms with Crippen LogP contribution in [0.15, 0.2) is 23.0 Å². The van der Waals surface area contributed by atoms with Crippen molar-refractivity contribution in [1.82, 2.24) is 15.1 Å². The van der Waals surface area contributed by atoms with Gasteiger partial charge >= 0.3 is 0 Å². The molecule has 19 heavy (non-hydrogen) atoms. The minimum absolute atomic E-state index is 0.737. The smallest absolute Gasteiger partial charge is 0.0947 e. The van der Waals surface area contributed by atoms with Crippen LogP contribution in [0.5, 0.6) is 0 Å². The predicted molar refractivity (Wildman–Crippen MR) is 78.2 cm³/mol. The molecule has 1 unspecified atom stereocenters. The summed E-state index contributed by atoms with van der Waals surface area (Å²) in [5.74, 6) is 0. The normalized spacial score (nSPS) is 19.7. The molecule has 1 atom stereocenters. The van der Waals surface area contributed by atoms with Crippen LogP contribution in [-0.2, 0) is 6.54 Å². The van der Waals surface area contributed by atoms with Crippen LogP contribution in [0, 0.1) is 0 Å². The van der Waals surface area contributed by atoms with Crippen LogP contribution in [-0.4, -0.2) is 55.1 Å². The monoisotopic (exact) mass is 265 g/mol. The Morgan fingerprint density at radius 1 is 1.32 bits per heavy atom. The molecule has 1 saturated heterocycles. The molecular weight excluding hydrogens is 238 g/mol. The molecule has 1 N–H and O–H groups in total. The average Bonchev–Trinajstić information content (AvgIpc) is 2.96. The maximum Gasteiger partial charge on any atom is 0.0947 e. The molecule has 4 nitrogen and oxygen atoms in total. The van der Waals surface area contributed by atoms with Gasteiger partial charge in [0.1, 0.15) is 0 Å². The first-order valence-corrected chi connectivity index (χ1v) is 7.47. The zero-order valence-electron chi connectivity index (χ0n) is 12.3. The Hall–Kier alpha value is -0.840. The molecule has 4 heteroatoms. The molecule has 0 radical (unpaired) electrons.